The maximum absolute atomic E-state index is 12.2. The van der Waals surface area contributed by atoms with Crippen LogP contribution < -0.4 is 14.8 Å². The zero-order valence-corrected chi connectivity index (χ0v) is 13.6. The number of carbonyl (C=O) groups excluding carboxylic acids is 1. The Morgan fingerprint density at radius 1 is 1.17 bits per heavy atom. The highest BCUT2D eigenvalue weighted by atomic mass is 32.1. The quantitative estimate of drug-likeness (QED) is 0.775. The summed E-state index contributed by atoms with van der Waals surface area (Å²) >= 11 is 1.44. The van der Waals surface area contributed by atoms with Crippen molar-refractivity contribution in [3.05, 3.63) is 48.5 Å². The lowest BCUT2D eigenvalue weighted by Gasteiger charge is -2.14. The van der Waals surface area contributed by atoms with Crippen molar-refractivity contribution >= 4 is 32.6 Å². The lowest BCUT2D eigenvalue weighted by Crippen LogP contribution is -2.30. The molecule has 0 saturated carbocycles. The molecule has 0 saturated heterocycles. The molecule has 0 aliphatic rings. The number of carbonyl (C=O) groups is 1. The molecule has 0 bridgehead atoms. The third kappa shape index (κ3) is 3.60. The molecule has 0 spiro atoms. The molecule has 23 heavy (non-hydrogen) atoms. The summed E-state index contributed by atoms with van der Waals surface area (Å²) in [6, 6.07) is 14.9. The number of benzene rings is 2. The van der Waals surface area contributed by atoms with Crippen molar-refractivity contribution in [2.24, 2.45) is 0 Å². The van der Waals surface area contributed by atoms with Gasteiger partial charge in [-0.1, -0.05) is 29.5 Å². The number of anilines is 1. The summed E-state index contributed by atoms with van der Waals surface area (Å²) in [6.45, 7) is 1.70. The number of fused-ring (bicyclic) bond motifs is 1. The Hall–Kier alpha value is -2.60. The molecule has 1 amide bonds. The van der Waals surface area contributed by atoms with Crippen molar-refractivity contribution in [1.29, 1.82) is 0 Å². The average molecular weight is 328 g/mol. The minimum atomic E-state index is -0.644. The van der Waals surface area contributed by atoms with E-state index in [-0.39, 0.29) is 5.91 Å². The van der Waals surface area contributed by atoms with E-state index in [4.69, 9.17) is 9.47 Å². The fraction of sp³-hybridized carbons (Fsp3) is 0.176. The number of thiazole rings is 1. The first-order valence-electron chi connectivity index (χ1n) is 7.13. The molecular weight excluding hydrogens is 312 g/mol. The van der Waals surface area contributed by atoms with Crippen LogP contribution in [-0.2, 0) is 4.79 Å². The van der Waals surface area contributed by atoms with Crippen LogP contribution in [0.25, 0.3) is 10.2 Å². The van der Waals surface area contributed by atoms with E-state index in [1.54, 1.807) is 26.2 Å². The van der Waals surface area contributed by atoms with Crippen LogP contribution in [0.2, 0.25) is 0 Å². The van der Waals surface area contributed by atoms with E-state index >= 15 is 0 Å². The van der Waals surface area contributed by atoms with Gasteiger partial charge in [-0.15, -0.1) is 0 Å². The predicted molar refractivity (Wildman–Crippen MR) is 91.3 cm³/mol. The van der Waals surface area contributed by atoms with E-state index in [1.165, 1.54) is 11.3 Å². The smallest absolute Gasteiger partial charge is 0.266 e. The number of hydrogen-bond donors (Lipinski definition) is 1. The summed E-state index contributed by atoms with van der Waals surface area (Å²) < 4.78 is 11.8. The van der Waals surface area contributed by atoms with Crippen LogP contribution in [0.1, 0.15) is 6.92 Å². The van der Waals surface area contributed by atoms with Gasteiger partial charge in [0.1, 0.15) is 11.5 Å². The third-order valence-electron chi connectivity index (χ3n) is 3.25. The van der Waals surface area contributed by atoms with E-state index in [0.29, 0.717) is 16.6 Å². The number of ether oxygens (including phenoxy) is 2. The molecule has 0 aliphatic carbocycles. The standard InChI is InChI=1S/C17H16N2O3S/c1-11(22-13-7-5-6-12(10-13)21-2)16(20)19-17-18-14-8-3-4-9-15(14)23-17/h3-11H,1-2H3,(H,18,19,20). The van der Waals surface area contributed by atoms with Gasteiger partial charge in [0.15, 0.2) is 11.2 Å². The number of amides is 1. The fourth-order valence-corrected chi connectivity index (χ4v) is 2.93. The van der Waals surface area contributed by atoms with Gasteiger partial charge in [0, 0.05) is 6.07 Å². The number of aromatic nitrogens is 1. The van der Waals surface area contributed by atoms with E-state index in [9.17, 15) is 4.79 Å². The van der Waals surface area contributed by atoms with Crippen LogP contribution in [0.15, 0.2) is 48.5 Å². The highest BCUT2D eigenvalue weighted by Gasteiger charge is 2.17. The molecule has 1 heterocycles. The molecule has 1 atom stereocenters. The Balaban J connectivity index is 1.67. The van der Waals surface area contributed by atoms with Crippen molar-refractivity contribution in [2.45, 2.75) is 13.0 Å². The fourth-order valence-electron chi connectivity index (χ4n) is 2.06. The zero-order valence-electron chi connectivity index (χ0n) is 12.8. The molecule has 3 aromatic rings. The first-order valence-corrected chi connectivity index (χ1v) is 7.94. The van der Waals surface area contributed by atoms with E-state index in [1.807, 2.05) is 36.4 Å². The summed E-state index contributed by atoms with van der Waals surface area (Å²) in [6.07, 6.45) is -0.644. The largest absolute Gasteiger partial charge is 0.497 e. The lowest BCUT2D eigenvalue weighted by molar-refractivity contribution is -0.122. The second-order valence-electron chi connectivity index (χ2n) is 4.92. The maximum Gasteiger partial charge on any atom is 0.266 e. The normalized spacial score (nSPS) is 11.9. The summed E-state index contributed by atoms with van der Waals surface area (Å²) in [4.78, 5) is 16.6. The summed E-state index contributed by atoms with van der Waals surface area (Å²) in [7, 11) is 1.59. The van der Waals surface area contributed by atoms with Crippen LogP contribution in [0, 0.1) is 0 Å². The predicted octanol–water partition coefficient (Wildman–Crippen LogP) is 3.71. The first-order chi connectivity index (χ1) is 11.2. The van der Waals surface area contributed by atoms with Gasteiger partial charge in [-0.25, -0.2) is 4.98 Å². The van der Waals surface area contributed by atoms with Crippen molar-refractivity contribution in [3.8, 4) is 11.5 Å². The first kappa shape index (κ1) is 15.3. The maximum atomic E-state index is 12.2. The number of nitrogens with one attached hydrogen (secondary N) is 1. The number of methoxy groups -OCH3 is 1. The van der Waals surface area contributed by atoms with E-state index < -0.39 is 6.10 Å². The van der Waals surface area contributed by atoms with Gasteiger partial charge < -0.3 is 9.47 Å². The van der Waals surface area contributed by atoms with Crippen molar-refractivity contribution in [2.75, 3.05) is 12.4 Å². The number of hydrogen-bond acceptors (Lipinski definition) is 5. The highest BCUT2D eigenvalue weighted by molar-refractivity contribution is 7.22. The molecule has 6 heteroatoms. The molecule has 0 radical (unpaired) electrons. The lowest BCUT2D eigenvalue weighted by atomic mass is 10.3. The molecule has 2 aromatic carbocycles. The summed E-state index contributed by atoms with van der Waals surface area (Å²) in [5.41, 5.74) is 0.870. The van der Waals surface area contributed by atoms with Gasteiger partial charge in [0.2, 0.25) is 0 Å². The SMILES string of the molecule is COc1cccc(OC(C)C(=O)Nc2nc3ccccc3s2)c1. The molecule has 3 rings (SSSR count). The zero-order chi connectivity index (χ0) is 16.2. The Labute approximate surface area is 137 Å². The van der Waals surface area contributed by atoms with Gasteiger partial charge in [-0.2, -0.15) is 0 Å². The monoisotopic (exact) mass is 328 g/mol. The minimum Gasteiger partial charge on any atom is -0.497 e. The van der Waals surface area contributed by atoms with Gasteiger partial charge in [-0.3, -0.25) is 10.1 Å². The summed E-state index contributed by atoms with van der Waals surface area (Å²) in [5, 5.41) is 3.36. The van der Waals surface area contributed by atoms with Crippen LogP contribution in [0.3, 0.4) is 0 Å². The summed E-state index contributed by atoms with van der Waals surface area (Å²) in [5.74, 6) is 1.02. The number of nitrogens with zero attached hydrogens (tertiary/aromatic N) is 1. The van der Waals surface area contributed by atoms with Crippen molar-refractivity contribution in [1.82, 2.24) is 4.98 Å². The molecule has 1 aromatic heterocycles. The molecule has 5 nitrogen and oxygen atoms in total. The Morgan fingerprint density at radius 2 is 1.96 bits per heavy atom. The van der Waals surface area contributed by atoms with E-state index in [0.717, 1.165) is 10.2 Å². The molecule has 1 unspecified atom stereocenters. The Kier molecular flexibility index (Phi) is 4.43. The van der Waals surface area contributed by atoms with Crippen molar-refractivity contribution < 1.29 is 14.3 Å². The average Bonchev–Trinajstić information content (AvgIpc) is 2.97. The van der Waals surface area contributed by atoms with Gasteiger partial charge in [0.25, 0.3) is 5.91 Å². The molecule has 1 N–H and O–H groups in total. The highest BCUT2D eigenvalue weighted by Crippen LogP contribution is 2.26. The van der Waals surface area contributed by atoms with Crippen molar-refractivity contribution in [3.63, 3.8) is 0 Å². The Bertz CT molecular complexity index is 798. The van der Waals surface area contributed by atoms with Gasteiger partial charge in [0.05, 0.1) is 17.3 Å². The third-order valence-corrected chi connectivity index (χ3v) is 4.20. The topological polar surface area (TPSA) is 60.5 Å². The molecule has 0 aliphatic heterocycles. The van der Waals surface area contributed by atoms with Gasteiger partial charge in [-0.05, 0) is 31.2 Å². The molecule has 118 valence electrons. The number of para-hydroxylation sites is 1. The second-order valence-corrected chi connectivity index (χ2v) is 5.95. The van der Waals surface area contributed by atoms with Crippen LogP contribution in [0.5, 0.6) is 11.5 Å². The van der Waals surface area contributed by atoms with Gasteiger partial charge >= 0.3 is 0 Å². The number of rotatable bonds is 5. The molecule has 0 fully saturated rings. The van der Waals surface area contributed by atoms with Crippen LogP contribution >= 0.6 is 11.3 Å². The van der Waals surface area contributed by atoms with Crippen LogP contribution in [0.4, 0.5) is 5.13 Å². The molecular formula is C17H16N2O3S. The van der Waals surface area contributed by atoms with Crippen LogP contribution in [-0.4, -0.2) is 24.1 Å². The Morgan fingerprint density at radius 3 is 2.74 bits per heavy atom. The second kappa shape index (κ2) is 6.66. The minimum absolute atomic E-state index is 0.244. The van der Waals surface area contributed by atoms with E-state index in [2.05, 4.69) is 10.3 Å².